The van der Waals surface area contributed by atoms with Crippen LogP contribution in [0.2, 0.25) is 0 Å². The van der Waals surface area contributed by atoms with Gasteiger partial charge in [0.1, 0.15) is 12.4 Å². The number of amides is 1. The van der Waals surface area contributed by atoms with Gasteiger partial charge in [-0.1, -0.05) is 18.7 Å². The van der Waals surface area contributed by atoms with Crippen LogP contribution in [0.5, 0.6) is 5.75 Å². The molecule has 3 nitrogen and oxygen atoms in total. The molecule has 1 rings (SSSR count). The minimum atomic E-state index is -0.117. The SMILES string of the molecule is C=CCOc1cccc(C(=O)NC)c1. The molecule has 0 fully saturated rings. The van der Waals surface area contributed by atoms with Crippen molar-refractivity contribution in [2.45, 2.75) is 0 Å². The van der Waals surface area contributed by atoms with Crippen molar-refractivity contribution in [3.63, 3.8) is 0 Å². The maximum absolute atomic E-state index is 11.3. The van der Waals surface area contributed by atoms with Crippen LogP contribution in [0.15, 0.2) is 36.9 Å². The molecule has 0 aliphatic rings. The summed E-state index contributed by atoms with van der Waals surface area (Å²) < 4.78 is 5.29. The quantitative estimate of drug-likeness (QED) is 0.734. The average molecular weight is 191 g/mol. The van der Waals surface area contributed by atoms with E-state index in [1.165, 1.54) is 0 Å². The largest absolute Gasteiger partial charge is 0.490 e. The van der Waals surface area contributed by atoms with Gasteiger partial charge in [0.05, 0.1) is 0 Å². The fraction of sp³-hybridized carbons (Fsp3) is 0.182. The lowest BCUT2D eigenvalue weighted by molar-refractivity contribution is 0.0962. The first-order valence-corrected chi connectivity index (χ1v) is 4.33. The Labute approximate surface area is 83.4 Å². The number of carbonyl (C=O) groups excluding carboxylic acids is 1. The van der Waals surface area contributed by atoms with Crippen LogP contribution in [-0.4, -0.2) is 19.6 Å². The summed E-state index contributed by atoms with van der Waals surface area (Å²) in [4.78, 5) is 11.3. The van der Waals surface area contributed by atoms with Gasteiger partial charge in [-0.05, 0) is 18.2 Å². The zero-order chi connectivity index (χ0) is 10.4. The molecule has 14 heavy (non-hydrogen) atoms. The molecule has 0 aliphatic heterocycles. The highest BCUT2D eigenvalue weighted by Gasteiger charge is 2.03. The van der Waals surface area contributed by atoms with E-state index in [9.17, 15) is 4.79 Å². The van der Waals surface area contributed by atoms with Crippen LogP contribution >= 0.6 is 0 Å². The Balaban J connectivity index is 2.78. The lowest BCUT2D eigenvalue weighted by Crippen LogP contribution is -2.17. The predicted molar refractivity (Wildman–Crippen MR) is 55.5 cm³/mol. The highest BCUT2D eigenvalue weighted by Crippen LogP contribution is 2.12. The molecule has 1 aromatic carbocycles. The van der Waals surface area contributed by atoms with Gasteiger partial charge in [-0.25, -0.2) is 0 Å². The zero-order valence-electron chi connectivity index (χ0n) is 8.12. The van der Waals surface area contributed by atoms with Gasteiger partial charge >= 0.3 is 0 Å². The second kappa shape index (κ2) is 5.07. The molecular weight excluding hydrogens is 178 g/mol. The third-order valence-corrected chi connectivity index (χ3v) is 1.69. The minimum Gasteiger partial charge on any atom is -0.490 e. The highest BCUT2D eigenvalue weighted by molar-refractivity contribution is 5.94. The summed E-state index contributed by atoms with van der Waals surface area (Å²) in [6, 6.07) is 7.01. The highest BCUT2D eigenvalue weighted by atomic mass is 16.5. The molecule has 1 amide bonds. The first-order chi connectivity index (χ1) is 6.77. The second-order valence-corrected chi connectivity index (χ2v) is 2.71. The first-order valence-electron chi connectivity index (χ1n) is 4.33. The standard InChI is InChI=1S/C11H13NO2/c1-3-7-14-10-6-4-5-9(8-10)11(13)12-2/h3-6,8H,1,7H2,2H3,(H,12,13). The zero-order valence-corrected chi connectivity index (χ0v) is 8.12. The summed E-state index contributed by atoms with van der Waals surface area (Å²) in [5.41, 5.74) is 0.592. The Morgan fingerprint density at radius 2 is 2.43 bits per heavy atom. The monoisotopic (exact) mass is 191 g/mol. The summed E-state index contributed by atoms with van der Waals surface area (Å²) >= 11 is 0. The van der Waals surface area contributed by atoms with Crippen molar-refractivity contribution in [3.8, 4) is 5.75 Å². The Morgan fingerprint density at radius 3 is 3.07 bits per heavy atom. The molecule has 0 aliphatic carbocycles. The van der Waals surface area contributed by atoms with Gasteiger partial charge in [0.25, 0.3) is 5.91 Å². The normalized spacial score (nSPS) is 9.21. The summed E-state index contributed by atoms with van der Waals surface area (Å²) in [6.45, 7) is 3.99. The van der Waals surface area contributed by atoms with E-state index in [0.717, 1.165) is 0 Å². The minimum absolute atomic E-state index is 0.117. The van der Waals surface area contributed by atoms with Crippen molar-refractivity contribution in [1.82, 2.24) is 5.32 Å². The molecule has 0 spiro atoms. The Hall–Kier alpha value is -1.77. The maximum atomic E-state index is 11.3. The molecule has 1 aromatic rings. The molecule has 1 N–H and O–H groups in total. The molecule has 0 radical (unpaired) electrons. The number of hydrogen-bond donors (Lipinski definition) is 1. The number of ether oxygens (including phenoxy) is 1. The van der Waals surface area contributed by atoms with E-state index in [-0.39, 0.29) is 5.91 Å². The smallest absolute Gasteiger partial charge is 0.251 e. The van der Waals surface area contributed by atoms with E-state index in [4.69, 9.17) is 4.74 Å². The predicted octanol–water partition coefficient (Wildman–Crippen LogP) is 1.61. The van der Waals surface area contributed by atoms with Crippen molar-refractivity contribution < 1.29 is 9.53 Å². The van der Waals surface area contributed by atoms with Crippen LogP contribution in [0.25, 0.3) is 0 Å². The van der Waals surface area contributed by atoms with Crippen molar-refractivity contribution in [2.75, 3.05) is 13.7 Å². The fourth-order valence-electron chi connectivity index (χ4n) is 1.03. The number of rotatable bonds is 4. The van der Waals surface area contributed by atoms with Gasteiger partial charge in [0.2, 0.25) is 0 Å². The number of benzene rings is 1. The second-order valence-electron chi connectivity index (χ2n) is 2.71. The van der Waals surface area contributed by atoms with Crippen LogP contribution in [-0.2, 0) is 0 Å². The van der Waals surface area contributed by atoms with E-state index in [0.29, 0.717) is 17.9 Å². The number of carbonyl (C=O) groups is 1. The van der Waals surface area contributed by atoms with Crippen molar-refractivity contribution in [2.24, 2.45) is 0 Å². The summed E-state index contributed by atoms with van der Waals surface area (Å²) in [5, 5.41) is 2.55. The van der Waals surface area contributed by atoms with E-state index < -0.39 is 0 Å². The molecule has 74 valence electrons. The van der Waals surface area contributed by atoms with E-state index in [2.05, 4.69) is 11.9 Å². The number of nitrogens with one attached hydrogen (secondary N) is 1. The molecule has 0 bridgehead atoms. The molecule has 0 aromatic heterocycles. The molecule has 0 heterocycles. The van der Waals surface area contributed by atoms with Crippen LogP contribution in [0.4, 0.5) is 0 Å². The van der Waals surface area contributed by atoms with Crippen LogP contribution in [0, 0.1) is 0 Å². The van der Waals surface area contributed by atoms with Crippen molar-refractivity contribution in [3.05, 3.63) is 42.5 Å². The van der Waals surface area contributed by atoms with Crippen molar-refractivity contribution in [1.29, 1.82) is 0 Å². The van der Waals surface area contributed by atoms with Crippen LogP contribution in [0.1, 0.15) is 10.4 Å². The average Bonchev–Trinajstić information content (AvgIpc) is 2.25. The lowest BCUT2D eigenvalue weighted by Gasteiger charge is -2.04. The van der Waals surface area contributed by atoms with Gasteiger partial charge in [0, 0.05) is 12.6 Å². The van der Waals surface area contributed by atoms with Gasteiger partial charge < -0.3 is 10.1 Å². The third kappa shape index (κ3) is 2.62. The Morgan fingerprint density at radius 1 is 1.64 bits per heavy atom. The maximum Gasteiger partial charge on any atom is 0.251 e. The molecule has 0 saturated heterocycles. The molecule has 0 atom stereocenters. The van der Waals surface area contributed by atoms with Crippen molar-refractivity contribution >= 4 is 5.91 Å². The lowest BCUT2D eigenvalue weighted by atomic mass is 10.2. The van der Waals surface area contributed by atoms with E-state index >= 15 is 0 Å². The molecule has 0 unspecified atom stereocenters. The fourth-order valence-corrected chi connectivity index (χ4v) is 1.03. The van der Waals surface area contributed by atoms with E-state index in [1.54, 1.807) is 37.4 Å². The number of hydrogen-bond acceptors (Lipinski definition) is 2. The Bertz CT molecular complexity index is 334. The van der Waals surface area contributed by atoms with Gasteiger partial charge in [-0.15, -0.1) is 0 Å². The topological polar surface area (TPSA) is 38.3 Å². The summed E-state index contributed by atoms with van der Waals surface area (Å²) in [7, 11) is 1.60. The van der Waals surface area contributed by atoms with Gasteiger partial charge in [-0.3, -0.25) is 4.79 Å². The van der Waals surface area contributed by atoms with Gasteiger partial charge in [0.15, 0.2) is 0 Å². The molecular formula is C11H13NO2. The van der Waals surface area contributed by atoms with Crippen LogP contribution < -0.4 is 10.1 Å². The molecule has 3 heteroatoms. The third-order valence-electron chi connectivity index (χ3n) is 1.69. The van der Waals surface area contributed by atoms with Crippen LogP contribution in [0.3, 0.4) is 0 Å². The Kier molecular flexibility index (Phi) is 3.73. The summed E-state index contributed by atoms with van der Waals surface area (Å²) in [6.07, 6.45) is 1.66. The van der Waals surface area contributed by atoms with Gasteiger partial charge in [-0.2, -0.15) is 0 Å². The molecule has 0 saturated carbocycles. The first kappa shape index (κ1) is 10.3. The summed E-state index contributed by atoms with van der Waals surface area (Å²) in [5.74, 6) is 0.556. The van der Waals surface area contributed by atoms with E-state index in [1.807, 2.05) is 0 Å².